The molecule has 3 rings (SSSR count). The summed E-state index contributed by atoms with van der Waals surface area (Å²) in [6, 6.07) is -0.995. The summed E-state index contributed by atoms with van der Waals surface area (Å²) in [6.07, 6.45) is -0.780. The first kappa shape index (κ1) is 19.2. The van der Waals surface area contributed by atoms with E-state index in [0.717, 1.165) is 17.5 Å². The topological polar surface area (TPSA) is 137 Å². The summed E-state index contributed by atoms with van der Waals surface area (Å²) in [7, 11) is 0. The summed E-state index contributed by atoms with van der Waals surface area (Å²) in [5.41, 5.74) is 0.739. The molecule has 1 N–H and O–H groups in total. The van der Waals surface area contributed by atoms with Crippen molar-refractivity contribution in [2.75, 3.05) is 12.4 Å². The molecule has 146 valence electrons. The van der Waals surface area contributed by atoms with Crippen molar-refractivity contribution < 1.29 is 38.0 Å². The zero-order valence-corrected chi connectivity index (χ0v) is 15.4. The SMILES string of the molecule is Cc1nc(SCC(=O)N[C@H]2CON(OC(=O)C3CCC(=O)O3)C2=O)oc1C. The highest BCUT2D eigenvalue weighted by molar-refractivity contribution is 7.99. The minimum Gasteiger partial charge on any atom is -0.450 e. The Morgan fingerprint density at radius 3 is 2.78 bits per heavy atom. The van der Waals surface area contributed by atoms with Gasteiger partial charge < -0.3 is 19.3 Å². The number of hydrogen-bond donors (Lipinski definition) is 1. The van der Waals surface area contributed by atoms with E-state index < -0.39 is 35.9 Å². The lowest BCUT2D eigenvalue weighted by atomic mass is 10.2. The lowest BCUT2D eigenvalue weighted by Gasteiger charge is -2.15. The van der Waals surface area contributed by atoms with Gasteiger partial charge in [0.1, 0.15) is 18.4 Å². The van der Waals surface area contributed by atoms with Crippen LogP contribution in [-0.2, 0) is 33.6 Å². The molecule has 2 aliphatic rings. The van der Waals surface area contributed by atoms with Crippen molar-refractivity contribution in [3.8, 4) is 0 Å². The number of rotatable bonds is 6. The normalized spacial score (nSPS) is 22.1. The van der Waals surface area contributed by atoms with Crippen LogP contribution in [0.5, 0.6) is 0 Å². The molecule has 1 unspecified atom stereocenters. The molecule has 11 nitrogen and oxygen atoms in total. The zero-order chi connectivity index (χ0) is 19.6. The fourth-order valence-electron chi connectivity index (χ4n) is 2.28. The fourth-order valence-corrected chi connectivity index (χ4v) is 3.00. The Hall–Kier alpha value is -2.60. The molecule has 2 fully saturated rings. The number of hydroxylamine groups is 2. The highest BCUT2D eigenvalue weighted by Crippen LogP contribution is 2.20. The molecule has 1 aromatic rings. The van der Waals surface area contributed by atoms with Gasteiger partial charge in [0.25, 0.3) is 5.22 Å². The number of ether oxygens (including phenoxy) is 1. The number of thioether (sulfide) groups is 1. The molecule has 3 heterocycles. The Kier molecular flexibility index (Phi) is 5.65. The van der Waals surface area contributed by atoms with E-state index in [4.69, 9.17) is 18.8 Å². The molecule has 0 saturated carbocycles. The van der Waals surface area contributed by atoms with E-state index in [1.165, 1.54) is 0 Å². The number of esters is 1. The number of hydrogen-bond acceptors (Lipinski definition) is 10. The predicted octanol–water partition coefficient (Wildman–Crippen LogP) is -0.194. The molecule has 0 spiro atoms. The first-order chi connectivity index (χ1) is 12.8. The van der Waals surface area contributed by atoms with Gasteiger partial charge in [-0.25, -0.2) is 14.6 Å². The van der Waals surface area contributed by atoms with Crippen molar-refractivity contribution in [2.24, 2.45) is 0 Å². The lowest BCUT2D eigenvalue weighted by molar-refractivity contribution is -0.306. The molecule has 2 aliphatic heterocycles. The van der Waals surface area contributed by atoms with E-state index in [2.05, 4.69) is 10.3 Å². The number of oxazole rings is 1. The van der Waals surface area contributed by atoms with Crippen LogP contribution in [0.4, 0.5) is 0 Å². The van der Waals surface area contributed by atoms with Crippen LogP contribution in [0.25, 0.3) is 0 Å². The average molecular weight is 399 g/mol. The second-order valence-electron chi connectivity index (χ2n) is 5.85. The van der Waals surface area contributed by atoms with Crippen molar-refractivity contribution in [3.05, 3.63) is 11.5 Å². The number of aromatic nitrogens is 1. The summed E-state index contributed by atoms with van der Waals surface area (Å²) < 4.78 is 10.1. The van der Waals surface area contributed by atoms with E-state index in [1.807, 2.05) is 0 Å². The Labute approximate surface area is 157 Å². The highest BCUT2D eigenvalue weighted by Gasteiger charge is 2.40. The third-order valence-electron chi connectivity index (χ3n) is 3.83. The first-order valence-electron chi connectivity index (χ1n) is 8.08. The quantitative estimate of drug-likeness (QED) is 0.506. The third kappa shape index (κ3) is 4.57. The van der Waals surface area contributed by atoms with Gasteiger partial charge in [0.15, 0.2) is 0 Å². The Balaban J connectivity index is 1.44. The smallest absolute Gasteiger partial charge is 0.375 e. The Morgan fingerprint density at radius 1 is 1.37 bits per heavy atom. The van der Waals surface area contributed by atoms with Crippen LogP contribution in [0.1, 0.15) is 24.3 Å². The van der Waals surface area contributed by atoms with Gasteiger partial charge in [0.05, 0.1) is 11.4 Å². The maximum atomic E-state index is 12.1. The number of aryl methyl sites for hydroxylation is 2. The number of cyclic esters (lactones) is 1. The summed E-state index contributed by atoms with van der Waals surface area (Å²) in [6.45, 7) is 3.37. The molecule has 0 bridgehead atoms. The van der Waals surface area contributed by atoms with E-state index in [9.17, 15) is 19.2 Å². The van der Waals surface area contributed by atoms with Crippen molar-refractivity contribution >= 4 is 35.5 Å². The van der Waals surface area contributed by atoms with Gasteiger partial charge in [-0.2, -0.15) is 0 Å². The highest BCUT2D eigenvalue weighted by atomic mass is 32.2. The number of carbonyl (C=O) groups is 4. The van der Waals surface area contributed by atoms with Gasteiger partial charge in [0, 0.05) is 12.8 Å². The molecular weight excluding hydrogens is 382 g/mol. The van der Waals surface area contributed by atoms with E-state index in [-0.39, 0.29) is 25.2 Å². The molecule has 2 saturated heterocycles. The molecule has 0 aliphatic carbocycles. The van der Waals surface area contributed by atoms with Crippen LogP contribution in [0, 0.1) is 13.8 Å². The van der Waals surface area contributed by atoms with Crippen LogP contribution in [0.3, 0.4) is 0 Å². The van der Waals surface area contributed by atoms with Gasteiger partial charge in [-0.15, -0.1) is 0 Å². The number of nitrogens with one attached hydrogen (secondary N) is 1. The van der Waals surface area contributed by atoms with Crippen LogP contribution in [-0.4, -0.2) is 58.5 Å². The molecule has 0 radical (unpaired) electrons. The molecule has 2 atom stereocenters. The van der Waals surface area contributed by atoms with Crippen LogP contribution >= 0.6 is 11.8 Å². The van der Waals surface area contributed by atoms with Gasteiger partial charge in [-0.05, 0) is 19.1 Å². The summed E-state index contributed by atoms with van der Waals surface area (Å²) >= 11 is 1.09. The minimum absolute atomic E-state index is 0.0129. The average Bonchev–Trinajstić information content (AvgIpc) is 3.29. The summed E-state index contributed by atoms with van der Waals surface area (Å²) in [5, 5.41) is 3.23. The third-order valence-corrected chi connectivity index (χ3v) is 4.66. The minimum atomic E-state index is -1.06. The monoisotopic (exact) mass is 399 g/mol. The maximum absolute atomic E-state index is 12.1. The largest absolute Gasteiger partial charge is 0.450 e. The van der Waals surface area contributed by atoms with Crippen molar-refractivity contribution in [1.29, 1.82) is 0 Å². The van der Waals surface area contributed by atoms with Crippen molar-refractivity contribution in [1.82, 2.24) is 15.5 Å². The van der Waals surface area contributed by atoms with E-state index in [0.29, 0.717) is 16.2 Å². The lowest BCUT2D eigenvalue weighted by Crippen LogP contribution is -2.44. The molecule has 1 aromatic heterocycles. The predicted molar refractivity (Wildman–Crippen MR) is 86.6 cm³/mol. The van der Waals surface area contributed by atoms with Crippen LogP contribution < -0.4 is 5.32 Å². The van der Waals surface area contributed by atoms with Crippen LogP contribution in [0.2, 0.25) is 0 Å². The number of nitrogens with zero attached hydrogens (tertiary/aromatic N) is 2. The first-order valence-corrected chi connectivity index (χ1v) is 9.06. The van der Waals surface area contributed by atoms with Crippen LogP contribution in [0.15, 0.2) is 9.64 Å². The second-order valence-corrected chi connectivity index (χ2v) is 6.78. The second kappa shape index (κ2) is 7.96. The van der Waals surface area contributed by atoms with Gasteiger partial charge >= 0.3 is 17.8 Å². The molecule has 12 heteroatoms. The molecule has 2 amide bonds. The standard InChI is InChI=1S/C15H17N3O8S/c1-7-8(2)24-15(16-7)27-6-11(19)17-9-5-23-18(13(9)21)26-14(22)10-3-4-12(20)25-10/h9-10H,3-6H2,1-2H3,(H,17,19)/t9-,10?/m0/s1. The van der Waals surface area contributed by atoms with Gasteiger partial charge in [-0.3, -0.25) is 14.4 Å². The van der Waals surface area contributed by atoms with Gasteiger partial charge in [-0.1, -0.05) is 11.8 Å². The Bertz CT molecular complexity index is 760. The molecular formula is C15H17N3O8S. The molecule has 27 heavy (non-hydrogen) atoms. The van der Waals surface area contributed by atoms with Crippen molar-refractivity contribution in [3.63, 3.8) is 0 Å². The van der Waals surface area contributed by atoms with Crippen molar-refractivity contribution in [2.45, 2.75) is 44.1 Å². The number of carbonyl (C=O) groups excluding carboxylic acids is 4. The summed E-state index contributed by atoms with van der Waals surface area (Å²) in [5.74, 6) is -1.94. The van der Waals surface area contributed by atoms with Gasteiger partial charge in [0.2, 0.25) is 12.0 Å². The zero-order valence-electron chi connectivity index (χ0n) is 14.6. The number of amides is 2. The Morgan fingerprint density at radius 2 is 2.15 bits per heavy atom. The van der Waals surface area contributed by atoms with E-state index in [1.54, 1.807) is 13.8 Å². The fraction of sp³-hybridized carbons (Fsp3) is 0.533. The maximum Gasteiger partial charge on any atom is 0.375 e. The summed E-state index contributed by atoms with van der Waals surface area (Å²) in [4.78, 5) is 60.9. The molecule has 0 aromatic carbocycles. The van der Waals surface area contributed by atoms with E-state index >= 15 is 0 Å².